The van der Waals surface area contributed by atoms with E-state index in [4.69, 9.17) is 0 Å². The molecule has 0 unspecified atom stereocenters. The maximum absolute atomic E-state index is 4.57. The third-order valence-electron chi connectivity index (χ3n) is 2.48. The second-order valence-electron chi connectivity index (χ2n) is 4.22. The van der Waals surface area contributed by atoms with Crippen LogP contribution in [0.3, 0.4) is 0 Å². The van der Waals surface area contributed by atoms with Gasteiger partial charge in [0.05, 0.1) is 10.2 Å². The van der Waals surface area contributed by atoms with Gasteiger partial charge in [-0.05, 0) is 28.8 Å². The number of nitrogens with one attached hydrogen (secondary N) is 2. The number of aromatic amines is 1. The Morgan fingerprint density at radius 1 is 1.39 bits per heavy atom. The predicted molar refractivity (Wildman–Crippen MR) is 75.6 cm³/mol. The Balaban J connectivity index is 2.55. The van der Waals surface area contributed by atoms with Crippen LogP contribution in [-0.4, -0.2) is 26.5 Å². The second-order valence-corrected chi connectivity index (χ2v) is 5.01. The highest BCUT2D eigenvalue weighted by molar-refractivity contribution is 9.10. The Kier molecular flexibility index (Phi) is 3.96. The van der Waals surface area contributed by atoms with E-state index < -0.39 is 0 Å². The van der Waals surface area contributed by atoms with Crippen molar-refractivity contribution in [2.24, 2.45) is 0 Å². The number of nitrogens with zero attached hydrogens (tertiary/aromatic N) is 3. The van der Waals surface area contributed by atoms with Crippen LogP contribution in [0.2, 0.25) is 0 Å². The van der Waals surface area contributed by atoms with Crippen molar-refractivity contribution in [2.45, 2.75) is 26.7 Å². The summed E-state index contributed by atoms with van der Waals surface area (Å²) in [4.78, 5) is 16.3. The van der Waals surface area contributed by atoms with Gasteiger partial charge in [-0.2, -0.15) is 0 Å². The van der Waals surface area contributed by atoms with Crippen LogP contribution < -0.4 is 5.32 Å². The molecule has 0 aliphatic heterocycles. The van der Waals surface area contributed by atoms with Gasteiger partial charge in [-0.1, -0.05) is 13.8 Å². The van der Waals surface area contributed by atoms with Crippen LogP contribution in [0.25, 0.3) is 11.6 Å². The van der Waals surface area contributed by atoms with E-state index >= 15 is 0 Å². The highest BCUT2D eigenvalue weighted by Crippen LogP contribution is 2.30. The van der Waals surface area contributed by atoms with Crippen molar-refractivity contribution in [3.05, 3.63) is 22.6 Å². The smallest absolute Gasteiger partial charge is 0.197 e. The zero-order chi connectivity index (χ0) is 13.1. The molecule has 5 nitrogen and oxygen atoms in total. The molecule has 2 aromatic heterocycles. The van der Waals surface area contributed by atoms with Crippen LogP contribution in [0, 0.1) is 0 Å². The lowest BCUT2D eigenvalue weighted by Crippen LogP contribution is -2.07. The number of halogens is 1. The number of aromatic nitrogens is 4. The minimum atomic E-state index is 0.313. The number of imidazole rings is 1. The molecule has 6 heteroatoms. The molecule has 0 fully saturated rings. The average Bonchev–Trinajstić information content (AvgIpc) is 2.85. The lowest BCUT2D eigenvalue weighted by atomic mass is 10.1. The molecule has 0 atom stereocenters. The molecule has 0 aliphatic rings. The third kappa shape index (κ3) is 2.53. The number of anilines is 1. The molecule has 0 bridgehead atoms. The quantitative estimate of drug-likeness (QED) is 0.910. The summed E-state index contributed by atoms with van der Waals surface area (Å²) < 4.78 is 0.926. The molecule has 96 valence electrons. The lowest BCUT2D eigenvalue weighted by molar-refractivity contribution is 0.807. The summed E-state index contributed by atoms with van der Waals surface area (Å²) in [5.41, 5.74) is 0.979. The summed E-state index contributed by atoms with van der Waals surface area (Å²) in [6, 6.07) is 0. The van der Waals surface area contributed by atoms with E-state index in [-0.39, 0.29) is 0 Å². The zero-order valence-corrected chi connectivity index (χ0v) is 12.2. The first kappa shape index (κ1) is 13.0. The number of hydrogen-bond donors (Lipinski definition) is 2. The largest absolute Gasteiger partial charge is 0.369 e. The van der Waals surface area contributed by atoms with Crippen molar-refractivity contribution in [3.8, 4) is 11.6 Å². The van der Waals surface area contributed by atoms with Crippen molar-refractivity contribution in [2.75, 3.05) is 11.9 Å². The normalized spacial score (nSPS) is 10.9. The molecule has 2 heterocycles. The van der Waals surface area contributed by atoms with Crippen molar-refractivity contribution in [3.63, 3.8) is 0 Å². The van der Waals surface area contributed by atoms with Crippen LogP contribution in [0.4, 0.5) is 5.82 Å². The second kappa shape index (κ2) is 5.48. The van der Waals surface area contributed by atoms with E-state index in [1.54, 1.807) is 12.4 Å². The fraction of sp³-hybridized carbons (Fsp3) is 0.417. The van der Waals surface area contributed by atoms with E-state index in [9.17, 15) is 0 Å². The van der Waals surface area contributed by atoms with E-state index in [1.807, 2.05) is 6.92 Å². The Morgan fingerprint density at radius 2 is 2.17 bits per heavy atom. The Bertz CT molecular complexity index is 522. The van der Waals surface area contributed by atoms with Gasteiger partial charge in [-0.25, -0.2) is 15.0 Å². The molecular weight excluding hydrogens is 294 g/mol. The molecule has 2 N–H and O–H groups in total. The molecule has 18 heavy (non-hydrogen) atoms. The van der Waals surface area contributed by atoms with Gasteiger partial charge in [0.15, 0.2) is 11.6 Å². The first-order chi connectivity index (χ1) is 8.63. The topological polar surface area (TPSA) is 66.5 Å². The van der Waals surface area contributed by atoms with Crippen LogP contribution >= 0.6 is 15.9 Å². The fourth-order valence-electron chi connectivity index (χ4n) is 1.63. The van der Waals surface area contributed by atoms with E-state index in [2.05, 4.69) is 55.0 Å². The van der Waals surface area contributed by atoms with E-state index in [0.29, 0.717) is 17.6 Å². The summed E-state index contributed by atoms with van der Waals surface area (Å²) in [6.45, 7) is 7.06. The SMILES string of the molecule is CCNc1nc(-c2ncc[nH]2)nc(C(C)C)c1Br. The van der Waals surface area contributed by atoms with E-state index in [1.165, 1.54) is 0 Å². The minimum Gasteiger partial charge on any atom is -0.369 e. The van der Waals surface area contributed by atoms with Crippen molar-refractivity contribution in [1.29, 1.82) is 0 Å². The highest BCUT2D eigenvalue weighted by atomic mass is 79.9. The summed E-state index contributed by atoms with van der Waals surface area (Å²) in [7, 11) is 0. The summed E-state index contributed by atoms with van der Waals surface area (Å²) >= 11 is 3.56. The van der Waals surface area contributed by atoms with Crippen LogP contribution in [0.5, 0.6) is 0 Å². The predicted octanol–water partition coefficient (Wildman–Crippen LogP) is 3.18. The van der Waals surface area contributed by atoms with Crippen molar-refractivity contribution < 1.29 is 0 Å². The monoisotopic (exact) mass is 309 g/mol. The maximum Gasteiger partial charge on any atom is 0.197 e. The third-order valence-corrected chi connectivity index (χ3v) is 3.26. The molecule has 2 rings (SSSR count). The van der Waals surface area contributed by atoms with Gasteiger partial charge in [0.2, 0.25) is 0 Å². The first-order valence-electron chi connectivity index (χ1n) is 5.94. The van der Waals surface area contributed by atoms with Gasteiger partial charge >= 0.3 is 0 Å². The van der Waals surface area contributed by atoms with Crippen LogP contribution in [0.1, 0.15) is 32.4 Å². The van der Waals surface area contributed by atoms with Gasteiger partial charge in [0.25, 0.3) is 0 Å². The molecule has 0 amide bonds. The summed E-state index contributed by atoms with van der Waals surface area (Å²) in [5.74, 6) is 2.42. The fourth-order valence-corrected chi connectivity index (χ4v) is 2.40. The molecule has 0 radical (unpaired) electrons. The number of H-pyrrole nitrogens is 1. The minimum absolute atomic E-state index is 0.313. The maximum atomic E-state index is 4.57. The molecular formula is C12H16BrN5. The first-order valence-corrected chi connectivity index (χ1v) is 6.73. The van der Waals surface area contributed by atoms with Gasteiger partial charge in [0, 0.05) is 18.9 Å². The molecule has 0 aliphatic carbocycles. The van der Waals surface area contributed by atoms with Crippen molar-refractivity contribution >= 4 is 21.7 Å². The van der Waals surface area contributed by atoms with Gasteiger partial charge in [-0.3, -0.25) is 0 Å². The average molecular weight is 310 g/mol. The number of rotatable bonds is 4. The van der Waals surface area contributed by atoms with E-state index in [0.717, 1.165) is 22.5 Å². The molecule has 0 spiro atoms. The van der Waals surface area contributed by atoms with Gasteiger partial charge in [0.1, 0.15) is 5.82 Å². The lowest BCUT2D eigenvalue weighted by Gasteiger charge is -2.13. The molecule has 0 saturated heterocycles. The molecule has 0 aromatic carbocycles. The molecule has 0 saturated carbocycles. The van der Waals surface area contributed by atoms with Crippen molar-refractivity contribution in [1.82, 2.24) is 19.9 Å². The Labute approximate surface area is 115 Å². The summed E-state index contributed by atoms with van der Waals surface area (Å²) in [6.07, 6.45) is 3.46. The zero-order valence-electron chi connectivity index (χ0n) is 10.7. The standard InChI is InChI=1S/C12H16BrN5/c1-4-14-10-8(13)9(7(2)3)17-12(18-10)11-15-5-6-16-11/h5-7H,4H2,1-3H3,(H,15,16)(H,14,17,18). The van der Waals surface area contributed by atoms with Crippen LogP contribution in [0.15, 0.2) is 16.9 Å². The number of hydrogen-bond acceptors (Lipinski definition) is 4. The van der Waals surface area contributed by atoms with Gasteiger partial charge in [-0.15, -0.1) is 0 Å². The molecule has 2 aromatic rings. The Hall–Kier alpha value is -1.43. The Morgan fingerprint density at radius 3 is 2.72 bits per heavy atom. The highest BCUT2D eigenvalue weighted by Gasteiger charge is 2.16. The summed E-state index contributed by atoms with van der Waals surface area (Å²) in [5, 5.41) is 3.23. The van der Waals surface area contributed by atoms with Gasteiger partial charge < -0.3 is 10.3 Å². The van der Waals surface area contributed by atoms with Crippen LogP contribution in [-0.2, 0) is 0 Å².